The van der Waals surface area contributed by atoms with Crippen LogP contribution < -0.4 is 0 Å². The quantitative estimate of drug-likeness (QED) is 0.767. The molecule has 0 N–H and O–H groups in total. The van der Waals surface area contributed by atoms with Crippen molar-refractivity contribution in [1.82, 2.24) is 0 Å². The van der Waals surface area contributed by atoms with Crippen molar-refractivity contribution in [1.29, 1.82) is 0 Å². The molecule has 2 atom stereocenters. The zero-order chi connectivity index (χ0) is 12.3. The Morgan fingerprint density at radius 1 is 1.41 bits per heavy atom. The number of thioether (sulfide) groups is 1. The first-order valence-corrected chi connectivity index (χ1v) is 7.24. The van der Waals surface area contributed by atoms with E-state index in [0.717, 1.165) is 12.8 Å². The largest absolute Gasteiger partial charge is 0.465 e. The third kappa shape index (κ3) is 2.08. The summed E-state index contributed by atoms with van der Waals surface area (Å²) in [6.07, 6.45) is 3.79. The Balaban J connectivity index is 2.38. The van der Waals surface area contributed by atoms with Gasteiger partial charge in [0.25, 0.3) is 0 Å². The van der Waals surface area contributed by atoms with Gasteiger partial charge in [-0.1, -0.05) is 37.3 Å². The smallest absolute Gasteiger partial charge is 0.322 e. The summed E-state index contributed by atoms with van der Waals surface area (Å²) in [6.45, 7) is 2.70. The number of hydrogen-bond donors (Lipinski definition) is 0. The van der Waals surface area contributed by atoms with Gasteiger partial charge in [0, 0.05) is 12.3 Å². The van der Waals surface area contributed by atoms with Gasteiger partial charge in [0.1, 0.15) is 4.75 Å². The van der Waals surface area contributed by atoms with Crippen LogP contribution in [0.25, 0.3) is 0 Å². The first kappa shape index (κ1) is 12.5. The molecule has 1 aromatic carbocycles. The minimum atomic E-state index is -0.379. The lowest BCUT2D eigenvalue weighted by Gasteiger charge is -2.32. The van der Waals surface area contributed by atoms with Crippen molar-refractivity contribution in [2.45, 2.75) is 30.4 Å². The fraction of sp³-hybridized carbons (Fsp3) is 0.500. The number of carbonyl (C=O) groups excluding carboxylic acids is 1. The maximum atomic E-state index is 12.1. The highest BCUT2D eigenvalue weighted by Crippen LogP contribution is 2.46. The Labute approximate surface area is 107 Å². The fourth-order valence-electron chi connectivity index (χ4n) is 2.68. The van der Waals surface area contributed by atoms with Gasteiger partial charge < -0.3 is 4.74 Å². The van der Waals surface area contributed by atoms with E-state index < -0.39 is 0 Å². The standard InChI is InChI=1S/C14H18O2S/c1-3-12(11-7-5-4-6-8-11)14(17-2)9-10-16-13(14)15/h4-8,12H,3,9-10H2,1-2H3. The zero-order valence-corrected chi connectivity index (χ0v) is 11.1. The second-order valence-corrected chi connectivity index (χ2v) is 5.49. The van der Waals surface area contributed by atoms with Gasteiger partial charge in [-0.3, -0.25) is 4.79 Å². The molecule has 0 bridgehead atoms. The fourth-order valence-corrected chi connectivity index (χ4v) is 3.78. The maximum Gasteiger partial charge on any atom is 0.322 e. The van der Waals surface area contributed by atoms with E-state index in [4.69, 9.17) is 4.74 Å². The molecule has 3 heteroatoms. The highest BCUT2D eigenvalue weighted by molar-refractivity contribution is 8.00. The van der Waals surface area contributed by atoms with Crippen LogP contribution in [0, 0.1) is 0 Å². The third-order valence-electron chi connectivity index (χ3n) is 3.59. The van der Waals surface area contributed by atoms with E-state index in [9.17, 15) is 4.79 Å². The van der Waals surface area contributed by atoms with Crippen LogP contribution in [0.2, 0.25) is 0 Å². The molecule has 1 aliphatic heterocycles. The van der Waals surface area contributed by atoms with Crippen molar-refractivity contribution in [3.8, 4) is 0 Å². The summed E-state index contributed by atoms with van der Waals surface area (Å²) < 4.78 is 4.83. The highest BCUT2D eigenvalue weighted by atomic mass is 32.2. The average molecular weight is 250 g/mol. The second kappa shape index (κ2) is 5.13. The van der Waals surface area contributed by atoms with Crippen molar-refractivity contribution >= 4 is 17.7 Å². The Morgan fingerprint density at radius 3 is 2.59 bits per heavy atom. The maximum absolute atomic E-state index is 12.1. The normalized spacial score (nSPS) is 25.6. The lowest BCUT2D eigenvalue weighted by atomic mass is 9.82. The Bertz CT molecular complexity index is 390. The number of cyclic esters (lactones) is 1. The van der Waals surface area contributed by atoms with Crippen molar-refractivity contribution in [2.24, 2.45) is 0 Å². The first-order valence-electron chi connectivity index (χ1n) is 6.02. The Hall–Kier alpha value is -0.960. The van der Waals surface area contributed by atoms with E-state index in [2.05, 4.69) is 19.1 Å². The van der Waals surface area contributed by atoms with Crippen molar-refractivity contribution < 1.29 is 9.53 Å². The summed E-state index contributed by atoms with van der Waals surface area (Å²) in [5.41, 5.74) is 1.24. The molecular weight excluding hydrogens is 232 g/mol. The molecule has 0 aliphatic carbocycles. The number of esters is 1. The van der Waals surface area contributed by atoms with E-state index in [0.29, 0.717) is 6.61 Å². The average Bonchev–Trinajstić information content (AvgIpc) is 2.74. The molecule has 0 radical (unpaired) electrons. The molecule has 0 amide bonds. The molecular formula is C14H18O2S. The van der Waals surface area contributed by atoms with Crippen LogP contribution in [-0.4, -0.2) is 23.6 Å². The minimum absolute atomic E-state index is 0.0410. The summed E-state index contributed by atoms with van der Waals surface area (Å²) in [4.78, 5) is 12.1. The van der Waals surface area contributed by atoms with Gasteiger partial charge in [0.2, 0.25) is 0 Å². The number of ether oxygens (including phenoxy) is 1. The van der Waals surface area contributed by atoms with Crippen LogP contribution in [0.1, 0.15) is 31.2 Å². The predicted molar refractivity (Wildman–Crippen MR) is 71.3 cm³/mol. The van der Waals surface area contributed by atoms with Crippen molar-refractivity contribution in [2.75, 3.05) is 12.9 Å². The molecule has 0 saturated carbocycles. The summed E-state index contributed by atoms with van der Waals surface area (Å²) >= 11 is 1.64. The molecule has 2 nitrogen and oxygen atoms in total. The second-order valence-electron chi connectivity index (χ2n) is 4.35. The topological polar surface area (TPSA) is 26.3 Å². The molecule has 1 saturated heterocycles. The van der Waals surface area contributed by atoms with Gasteiger partial charge in [-0.25, -0.2) is 0 Å². The lowest BCUT2D eigenvalue weighted by molar-refractivity contribution is -0.140. The Morgan fingerprint density at radius 2 is 2.12 bits per heavy atom. The van der Waals surface area contributed by atoms with Crippen LogP contribution in [0.3, 0.4) is 0 Å². The predicted octanol–water partition coefficient (Wildman–Crippen LogP) is 3.23. The summed E-state index contributed by atoms with van der Waals surface area (Å²) in [6, 6.07) is 10.3. The van der Waals surface area contributed by atoms with Gasteiger partial charge in [-0.05, 0) is 18.2 Å². The number of rotatable bonds is 4. The molecule has 1 heterocycles. The van der Waals surface area contributed by atoms with Crippen LogP contribution >= 0.6 is 11.8 Å². The van der Waals surface area contributed by atoms with Crippen LogP contribution in [0.4, 0.5) is 0 Å². The minimum Gasteiger partial charge on any atom is -0.465 e. The van der Waals surface area contributed by atoms with E-state index in [1.807, 2.05) is 24.5 Å². The molecule has 1 aliphatic rings. The van der Waals surface area contributed by atoms with E-state index in [1.165, 1.54) is 5.56 Å². The van der Waals surface area contributed by atoms with E-state index >= 15 is 0 Å². The number of carbonyl (C=O) groups is 1. The summed E-state index contributed by atoms with van der Waals surface area (Å²) in [5.74, 6) is 0.203. The van der Waals surface area contributed by atoms with Gasteiger partial charge in [-0.15, -0.1) is 11.8 Å². The van der Waals surface area contributed by atoms with Crippen LogP contribution in [0.5, 0.6) is 0 Å². The van der Waals surface area contributed by atoms with Crippen molar-refractivity contribution in [3.63, 3.8) is 0 Å². The Kier molecular flexibility index (Phi) is 3.77. The molecule has 2 rings (SSSR count). The SMILES string of the molecule is CCC(c1ccccc1)C1(SC)CCOC1=O. The number of hydrogen-bond acceptors (Lipinski definition) is 3. The highest BCUT2D eigenvalue weighted by Gasteiger charge is 2.49. The van der Waals surface area contributed by atoms with Gasteiger partial charge in [-0.2, -0.15) is 0 Å². The van der Waals surface area contributed by atoms with E-state index in [-0.39, 0.29) is 16.6 Å². The van der Waals surface area contributed by atoms with Gasteiger partial charge >= 0.3 is 5.97 Å². The molecule has 1 aromatic rings. The van der Waals surface area contributed by atoms with E-state index in [1.54, 1.807) is 11.8 Å². The molecule has 17 heavy (non-hydrogen) atoms. The van der Waals surface area contributed by atoms with Crippen LogP contribution in [0.15, 0.2) is 30.3 Å². The molecule has 0 spiro atoms. The number of benzene rings is 1. The zero-order valence-electron chi connectivity index (χ0n) is 10.3. The van der Waals surface area contributed by atoms with Crippen LogP contribution in [-0.2, 0) is 9.53 Å². The molecule has 1 fully saturated rings. The first-order chi connectivity index (χ1) is 8.24. The van der Waals surface area contributed by atoms with Gasteiger partial charge in [0.15, 0.2) is 0 Å². The monoisotopic (exact) mass is 250 g/mol. The molecule has 92 valence electrons. The lowest BCUT2D eigenvalue weighted by Crippen LogP contribution is -2.37. The molecule has 0 aromatic heterocycles. The third-order valence-corrected chi connectivity index (χ3v) is 4.97. The van der Waals surface area contributed by atoms with Crippen molar-refractivity contribution in [3.05, 3.63) is 35.9 Å². The summed E-state index contributed by atoms with van der Waals surface area (Å²) in [5, 5.41) is 0. The summed E-state index contributed by atoms with van der Waals surface area (Å²) in [7, 11) is 0. The molecule has 2 unspecified atom stereocenters. The van der Waals surface area contributed by atoms with Gasteiger partial charge in [0.05, 0.1) is 6.61 Å².